The summed E-state index contributed by atoms with van der Waals surface area (Å²) in [5, 5.41) is 11.4. The minimum absolute atomic E-state index is 0.107. The summed E-state index contributed by atoms with van der Waals surface area (Å²) >= 11 is 0. The zero-order valence-corrected chi connectivity index (χ0v) is 13.7. The highest BCUT2D eigenvalue weighted by Gasteiger charge is 2.31. The van der Waals surface area contributed by atoms with Crippen LogP contribution in [0.25, 0.3) is 0 Å². The first-order chi connectivity index (χ1) is 11.7. The van der Waals surface area contributed by atoms with Crippen molar-refractivity contribution in [3.05, 3.63) is 36.2 Å². The summed E-state index contributed by atoms with van der Waals surface area (Å²) < 4.78 is 7.20. The van der Waals surface area contributed by atoms with Crippen LogP contribution in [-0.2, 0) is 0 Å². The van der Waals surface area contributed by atoms with Gasteiger partial charge >= 0.3 is 6.03 Å². The summed E-state index contributed by atoms with van der Waals surface area (Å²) in [5.74, 6) is 1.26. The van der Waals surface area contributed by atoms with Gasteiger partial charge in [-0.1, -0.05) is 17.3 Å². The molecule has 0 bridgehead atoms. The number of nitrogens with zero attached hydrogens (tertiary/aromatic N) is 4. The van der Waals surface area contributed by atoms with E-state index in [2.05, 4.69) is 15.6 Å². The summed E-state index contributed by atoms with van der Waals surface area (Å²) in [5.41, 5.74) is 1.78. The van der Waals surface area contributed by atoms with Crippen LogP contribution < -0.4 is 10.1 Å². The van der Waals surface area contributed by atoms with Crippen LogP contribution in [0.1, 0.15) is 36.9 Å². The van der Waals surface area contributed by atoms with Crippen LogP contribution in [0.15, 0.2) is 30.5 Å². The Morgan fingerprint density at radius 2 is 2.12 bits per heavy atom. The molecule has 0 radical (unpaired) electrons. The third kappa shape index (κ3) is 2.93. The van der Waals surface area contributed by atoms with Gasteiger partial charge in [0.2, 0.25) is 0 Å². The molecule has 2 aliphatic rings. The highest BCUT2D eigenvalue weighted by molar-refractivity contribution is 5.91. The van der Waals surface area contributed by atoms with Crippen molar-refractivity contribution in [1.29, 1.82) is 0 Å². The largest absolute Gasteiger partial charge is 0.495 e. The number of methoxy groups -OCH3 is 1. The smallest absolute Gasteiger partial charge is 0.322 e. The zero-order chi connectivity index (χ0) is 16.5. The Kier molecular flexibility index (Phi) is 3.84. The Labute approximate surface area is 140 Å². The number of carbonyl (C=O) groups is 1. The van der Waals surface area contributed by atoms with Gasteiger partial charge in [0.25, 0.3) is 0 Å². The maximum absolute atomic E-state index is 12.5. The molecule has 1 atom stereocenters. The molecule has 126 valence electrons. The molecule has 4 rings (SSSR count). The molecule has 24 heavy (non-hydrogen) atoms. The number of carbonyl (C=O) groups excluding carboxylic acids is 1. The standard InChI is InChI=1S/C17H21N5O2/c1-24-16-5-3-2-4-14(16)18-17(23)21-9-8-13(10-21)22-11-15(19-20-22)12-6-7-12/h2-5,11-13H,6-10H2,1H3,(H,18,23). The van der Waals surface area contributed by atoms with Gasteiger partial charge in [-0.25, -0.2) is 9.48 Å². The predicted octanol–water partition coefficient (Wildman–Crippen LogP) is 2.64. The first kappa shape index (κ1) is 15.0. The third-order valence-corrected chi connectivity index (χ3v) is 4.70. The average molecular weight is 327 g/mol. The molecule has 1 aliphatic carbocycles. The fraction of sp³-hybridized carbons (Fsp3) is 0.471. The summed E-state index contributed by atoms with van der Waals surface area (Å²) in [6.45, 7) is 1.36. The minimum Gasteiger partial charge on any atom is -0.495 e. The Morgan fingerprint density at radius 3 is 2.92 bits per heavy atom. The van der Waals surface area contributed by atoms with E-state index in [4.69, 9.17) is 4.74 Å². The van der Waals surface area contributed by atoms with Gasteiger partial charge in [-0.15, -0.1) is 5.10 Å². The number of likely N-dealkylation sites (tertiary alicyclic amines) is 1. The molecule has 1 saturated carbocycles. The van der Waals surface area contributed by atoms with Crippen LogP contribution in [-0.4, -0.2) is 46.1 Å². The van der Waals surface area contributed by atoms with Gasteiger partial charge in [-0.3, -0.25) is 0 Å². The zero-order valence-electron chi connectivity index (χ0n) is 13.7. The van der Waals surface area contributed by atoms with Gasteiger partial charge in [-0.05, 0) is 31.4 Å². The lowest BCUT2D eigenvalue weighted by Crippen LogP contribution is -2.33. The van der Waals surface area contributed by atoms with E-state index in [9.17, 15) is 4.79 Å². The molecule has 7 nitrogen and oxygen atoms in total. The lowest BCUT2D eigenvalue weighted by molar-refractivity contribution is 0.220. The molecule has 1 N–H and O–H groups in total. The van der Waals surface area contributed by atoms with Crippen molar-refractivity contribution in [2.24, 2.45) is 0 Å². The summed E-state index contributed by atoms with van der Waals surface area (Å²) in [4.78, 5) is 14.3. The number of nitrogens with one attached hydrogen (secondary N) is 1. The Bertz CT molecular complexity index is 740. The quantitative estimate of drug-likeness (QED) is 0.937. The normalized spacial score (nSPS) is 20.2. The first-order valence-electron chi connectivity index (χ1n) is 8.35. The van der Waals surface area contributed by atoms with Crippen molar-refractivity contribution in [3.8, 4) is 5.75 Å². The van der Waals surface area contributed by atoms with Crippen LogP contribution in [0.5, 0.6) is 5.75 Å². The van der Waals surface area contributed by atoms with E-state index in [0.29, 0.717) is 30.4 Å². The first-order valence-corrected chi connectivity index (χ1v) is 8.35. The fourth-order valence-electron chi connectivity index (χ4n) is 3.12. The van der Waals surface area contributed by atoms with E-state index in [1.165, 1.54) is 12.8 Å². The number of amides is 2. The second-order valence-electron chi connectivity index (χ2n) is 6.42. The molecule has 1 aromatic carbocycles. The maximum atomic E-state index is 12.5. The molecule has 0 spiro atoms. The molecule has 2 amide bonds. The lowest BCUT2D eigenvalue weighted by Gasteiger charge is -2.18. The molecule has 2 heterocycles. The average Bonchev–Trinajstić information content (AvgIpc) is 3.13. The van der Waals surface area contributed by atoms with E-state index in [0.717, 1.165) is 12.1 Å². The van der Waals surface area contributed by atoms with Gasteiger partial charge < -0.3 is 15.0 Å². The van der Waals surface area contributed by atoms with Crippen molar-refractivity contribution in [1.82, 2.24) is 19.9 Å². The molecule has 1 aromatic heterocycles. The number of anilines is 1. The minimum atomic E-state index is -0.107. The second kappa shape index (κ2) is 6.14. The molecule has 1 aliphatic heterocycles. The van der Waals surface area contributed by atoms with Gasteiger partial charge in [0.05, 0.1) is 24.5 Å². The van der Waals surface area contributed by atoms with Crippen molar-refractivity contribution in [3.63, 3.8) is 0 Å². The highest BCUT2D eigenvalue weighted by Crippen LogP contribution is 2.39. The monoisotopic (exact) mass is 327 g/mol. The Hall–Kier alpha value is -2.57. The van der Waals surface area contributed by atoms with E-state index in [1.54, 1.807) is 7.11 Å². The lowest BCUT2D eigenvalue weighted by atomic mass is 10.2. The molecule has 7 heteroatoms. The van der Waals surface area contributed by atoms with Crippen LogP contribution in [0, 0.1) is 0 Å². The number of hydrogen-bond donors (Lipinski definition) is 1. The van der Waals surface area contributed by atoms with Gasteiger partial charge in [-0.2, -0.15) is 0 Å². The second-order valence-corrected chi connectivity index (χ2v) is 6.42. The predicted molar refractivity (Wildman–Crippen MR) is 89.2 cm³/mol. The number of urea groups is 1. The number of hydrogen-bond acceptors (Lipinski definition) is 4. The fourth-order valence-corrected chi connectivity index (χ4v) is 3.12. The molecular formula is C17H21N5O2. The molecule has 2 aromatic rings. The van der Waals surface area contributed by atoms with Crippen LogP contribution in [0.3, 0.4) is 0 Å². The number of aromatic nitrogens is 3. The van der Waals surface area contributed by atoms with E-state index in [1.807, 2.05) is 40.0 Å². The van der Waals surface area contributed by atoms with E-state index < -0.39 is 0 Å². The van der Waals surface area contributed by atoms with Gasteiger partial charge in [0.15, 0.2) is 0 Å². The molecular weight excluding hydrogens is 306 g/mol. The number of para-hydroxylation sites is 2. The van der Waals surface area contributed by atoms with Crippen molar-refractivity contribution >= 4 is 11.7 Å². The summed E-state index contributed by atoms with van der Waals surface area (Å²) in [7, 11) is 1.60. The highest BCUT2D eigenvalue weighted by atomic mass is 16.5. The number of rotatable bonds is 4. The molecule has 1 saturated heterocycles. The van der Waals surface area contributed by atoms with Crippen LogP contribution in [0.2, 0.25) is 0 Å². The molecule has 1 unspecified atom stereocenters. The Morgan fingerprint density at radius 1 is 1.29 bits per heavy atom. The topological polar surface area (TPSA) is 72.3 Å². The Balaban J connectivity index is 1.39. The van der Waals surface area contributed by atoms with Crippen molar-refractivity contribution < 1.29 is 9.53 Å². The third-order valence-electron chi connectivity index (χ3n) is 4.70. The van der Waals surface area contributed by atoms with Crippen molar-refractivity contribution in [2.45, 2.75) is 31.2 Å². The number of benzene rings is 1. The van der Waals surface area contributed by atoms with Gasteiger partial charge in [0, 0.05) is 25.2 Å². The van der Waals surface area contributed by atoms with E-state index >= 15 is 0 Å². The van der Waals surface area contributed by atoms with Gasteiger partial charge in [0.1, 0.15) is 5.75 Å². The van der Waals surface area contributed by atoms with Crippen molar-refractivity contribution in [2.75, 3.05) is 25.5 Å². The maximum Gasteiger partial charge on any atom is 0.322 e. The number of ether oxygens (including phenoxy) is 1. The van der Waals surface area contributed by atoms with E-state index in [-0.39, 0.29) is 12.1 Å². The SMILES string of the molecule is COc1ccccc1NC(=O)N1CCC(n2cc(C3CC3)nn2)C1. The summed E-state index contributed by atoms with van der Waals surface area (Å²) in [6, 6.07) is 7.52. The van der Waals surface area contributed by atoms with Crippen LogP contribution in [0.4, 0.5) is 10.5 Å². The van der Waals surface area contributed by atoms with Crippen LogP contribution >= 0.6 is 0 Å². The summed E-state index contributed by atoms with van der Waals surface area (Å²) in [6.07, 6.45) is 5.38. The molecule has 2 fully saturated rings.